The van der Waals surface area contributed by atoms with Crippen LogP contribution in [0.15, 0.2) is 54.7 Å². The van der Waals surface area contributed by atoms with Gasteiger partial charge in [0.1, 0.15) is 5.75 Å². The average molecular weight is 362 g/mol. The molecule has 0 saturated carbocycles. The van der Waals surface area contributed by atoms with Gasteiger partial charge in [-0.05, 0) is 35.9 Å². The van der Waals surface area contributed by atoms with Crippen LogP contribution in [0, 0.1) is 0 Å². The molecule has 3 aromatic rings. The summed E-state index contributed by atoms with van der Waals surface area (Å²) in [5.74, 6) is -0.109. The highest BCUT2D eigenvalue weighted by molar-refractivity contribution is 5.91. The zero-order chi connectivity index (χ0) is 18.6. The summed E-state index contributed by atoms with van der Waals surface area (Å²) in [4.78, 5) is 11.9. The van der Waals surface area contributed by atoms with Crippen molar-refractivity contribution in [1.82, 2.24) is 19.9 Å². The summed E-state index contributed by atoms with van der Waals surface area (Å²) in [5.41, 5.74) is 1.23. The molecule has 26 heavy (non-hydrogen) atoms. The van der Waals surface area contributed by atoms with Crippen LogP contribution in [0.4, 0.5) is 13.2 Å². The molecule has 0 unspecified atom stereocenters. The molecule has 2 heterocycles. The molecule has 1 N–H and O–H groups in total. The van der Waals surface area contributed by atoms with Gasteiger partial charge in [-0.15, -0.1) is 23.4 Å². The summed E-state index contributed by atoms with van der Waals surface area (Å²) in [6.45, 7) is 0.187. The van der Waals surface area contributed by atoms with Gasteiger partial charge in [0.05, 0.1) is 6.54 Å². The number of ether oxygens (including phenoxy) is 1. The van der Waals surface area contributed by atoms with E-state index in [1.54, 1.807) is 16.7 Å². The van der Waals surface area contributed by atoms with Crippen molar-refractivity contribution in [3.8, 4) is 5.75 Å². The van der Waals surface area contributed by atoms with E-state index in [1.807, 2.05) is 12.1 Å². The lowest BCUT2D eigenvalue weighted by Gasteiger charge is -2.08. The molecule has 0 aliphatic heterocycles. The van der Waals surface area contributed by atoms with Crippen LogP contribution in [-0.2, 0) is 11.3 Å². The maximum atomic E-state index is 12.1. The largest absolute Gasteiger partial charge is 0.573 e. The second kappa shape index (κ2) is 7.26. The van der Waals surface area contributed by atoms with Crippen LogP contribution in [0.3, 0.4) is 0 Å². The quantitative estimate of drug-likeness (QED) is 0.709. The molecule has 134 valence electrons. The van der Waals surface area contributed by atoms with Gasteiger partial charge in [0, 0.05) is 12.3 Å². The number of aromatic nitrogens is 3. The van der Waals surface area contributed by atoms with E-state index < -0.39 is 6.36 Å². The van der Waals surface area contributed by atoms with Crippen LogP contribution in [0.2, 0.25) is 0 Å². The first kappa shape index (κ1) is 17.5. The fourth-order valence-corrected chi connectivity index (χ4v) is 2.19. The molecule has 0 fully saturated rings. The van der Waals surface area contributed by atoms with Gasteiger partial charge in [0.25, 0.3) is 0 Å². The summed E-state index contributed by atoms with van der Waals surface area (Å²) in [7, 11) is 0. The third-order valence-electron chi connectivity index (χ3n) is 3.35. The van der Waals surface area contributed by atoms with E-state index in [9.17, 15) is 18.0 Å². The summed E-state index contributed by atoms with van der Waals surface area (Å²) >= 11 is 0. The molecular weight excluding hydrogens is 349 g/mol. The van der Waals surface area contributed by atoms with Gasteiger partial charge in [0.15, 0.2) is 11.5 Å². The third-order valence-corrected chi connectivity index (χ3v) is 3.35. The maximum absolute atomic E-state index is 12.1. The van der Waals surface area contributed by atoms with Gasteiger partial charge in [-0.3, -0.25) is 9.20 Å². The molecule has 1 aromatic carbocycles. The Morgan fingerprint density at radius 2 is 1.92 bits per heavy atom. The Hall–Kier alpha value is -3.36. The van der Waals surface area contributed by atoms with Gasteiger partial charge in [0.2, 0.25) is 5.91 Å². The number of hydrogen-bond donors (Lipinski definition) is 1. The normalized spacial score (nSPS) is 11.8. The molecule has 0 radical (unpaired) electrons. The number of nitrogens with one attached hydrogen (secondary N) is 1. The van der Waals surface area contributed by atoms with Crippen LogP contribution < -0.4 is 10.1 Å². The Bertz CT molecular complexity index is 933. The number of nitrogens with zero attached hydrogens (tertiary/aromatic N) is 3. The fourth-order valence-electron chi connectivity index (χ4n) is 2.19. The highest BCUT2D eigenvalue weighted by Gasteiger charge is 2.30. The smallest absolute Gasteiger partial charge is 0.406 e. The lowest BCUT2D eigenvalue weighted by molar-refractivity contribution is -0.274. The van der Waals surface area contributed by atoms with E-state index in [2.05, 4.69) is 20.3 Å². The molecule has 2 aromatic heterocycles. The maximum Gasteiger partial charge on any atom is 0.573 e. The number of carbonyl (C=O) groups is 1. The van der Waals surface area contributed by atoms with Crippen molar-refractivity contribution < 1.29 is 22.7 Å². The molecule has 0 bridgehead atoms. The first-order chi connectivity index (χ1) is 12.4. The van der Waals surface area contributed by atoms with Crippen molar-refractivity contribution in [2.75, 3.05) is 0 Å². The van der Waals surface area contributed by atoms with Crippen molar-refractivity contribution in [2.24, 2.45) is 0 Å². The van der Waals surface area contributed by atoms with Gasteiger partial charge in [-0.1, -0.05) is 18.2 Å². The number of fused-ring (bicyclic) bond motifs is 1. The molecule has 0 atom stereocenters. The van der Waals surface area contributed by atoms with Crippen LogP contribution in [0.25, 0.3) is 11.7 Å². The highest BCUT2D eigenvalue weighted by atomic mass is 19.4. The minimum absolute atomic E-state index is 0.187. The van der Waals surface area contributed by atoms with E-state index in [0.29, 0.717) is 17.0 Å². The standard InChI is InChI=1S/C17H13F3N4O2/c18-17(19,20)26-13-7-4-12(5-8-13)6-9-16(25)21-11-15-23-22-14-3-1-2-10-24(14)15/h1-10H,11H2,(H,21,25)/b9-6+. The topological polar surface area (TPSA) is 68.5 Å². The fraction of sp³-hybridized carbons (Fsp3) is 0.118. The number of halogens is 3. The van der Waals surface area contributed by atoms with Crippen molar-refractivity contribution in [3.63, 3.8) is 0 Å². The molecule has 0 aliphatic rings. The first-order valence-corrected chi connectivity index (χ1v) is 7.51. The Balaban J connectivity index is 1.56. The second-order valence-corrected chi connectivity index (χ2v) is 5.21. The minimum atomic E-state index is -4.73. The highest BCUT2D eigenvalue weighted by Crippen LogP contribution is 2.22. The van der Waals surface area contributed by atoms with Crippen molar-refractivity contribution in [1.29, 1.82) is 0 Å². The zero-order valence-electron chi connectivity index (χ0n) is 13.3. The summed E-state index contributed by atoms with van der Waals surface area (Å²) in [6, 6.07) is 10.6. The van der Waals surface area contributed by atoms with Gasteiger partial charge in [-0.2, -0.15) is 0 Å². The zero-order valence-corrected chi connectivity index (χ0v) is 13.3. The minimum Gasteiger partial charge on any atom is -0.406 e. The van der Waals surface area contributed by atoms with Crippen molar-refractivity contribution >= 4 is 17.6 Å². The van der Waals surface area contributed by atoms with Crippen LogP contribution in [0.5, 0.6) is 5.75 Å². The number of carbonyl (C=O) groups excluding carboxylic acids is 1. The Morgan fingerprint density at radius 3 is 2.65 bits per heavy atom. The Kier molecular flexibility index (Phi) is 4.87. The number of amides is 1. The van der Waals surface area contributed by atoms with E-state index >= 15 is 0 Å². The Labute approximate surface area is 145 Å². The second-order valence-electron chi connectivity index (χ2n) is 5.21. The Morgan fingerprint density at radius 1 is 1.15 bits per heavy atom. The van der Waals surface area contributed by atoms with Crippen molar-refractivity contribution in [2.45, 2.75) is 12.9 Å². The number of benzene rings is 1. The molecule has 0 spiro atoms. The first-order valence-electron chi connectivity index (χ1n) is 7.51. The lowest BCUT2D eigenvalue weighted by atomic mass is 10.2. The number of hydrogen-bond acceptors (Lipinski definition) is 4. The number of alkyl halides is 3. The van der Waals surface area contributed by atoms with E-state index in [-0.39, 0.29) is 18.2 Å². The molecule has 3 rings (SSSR count). The molecule has 6 nitrogen and oxygen atoms in total. The molecule has 1 amide bonds. The van der Waals surface area contributed by atoms with Crippen LogP contribution in [0.1, 0.15) is 11.4 Å². The molecule has 9 heteroatoms. The van der Waals surface area contributed by atoms with Gasteiger partial charge in [-0.25, -0.2) is 0 Å². The average Bonchev–Trinajstić information content (AvgIpc) is 3.01. The SMILES string of the molecule is O=C(/C=C/c1ccc(OC(F)(F)F)cc1)NCc1nnc2ccccn12. The van der Waals surface area contributed by atoms with E-state index in [0.717, 1.165) is 0 Å². The van der Waals surface area contributed by atoms with Crippen LogP contribution >= 0.6 is 0 Å². The van der Waals surface area contributed by atoms with Gasteiger partial charge < -0.3 is 10.1 Å². The predicted molar refractivity (Wildman–Crippen MR) is 87.0 cm³/mol. The number of pyridine rings is 1. The lowest BCUT2D eigenvalue weighted by Crippen LogP contribution is -2.21. The third kappa shape index (κ3) is 4.59. The van der Waals surface area contributed by atoms with E-state index in [4.69, 9.17) is 0 Å². The summed E-state index contributed by atoms with van der Waals surface area (Å²) in [5, 5.41) is 10.6. The monoisotopic (exact) mass is 362 g/mol. The molecular formula is C17H13F3N4O2. The predicted octanol–water partition coefficient (Wildman–Crippen LogP) is 2.96. The van der Waals surface area contributed by atoms with E-state index in [1.165, 1.54) is 36.4 Å². The van der Waals surface area contributed by atoms with Crippen molar-refractivity contribution in [3.05, 3.63) is 66.1 Å². The number of rotatable bonds is 5. The summed E-state index contributed by atoms with van der Waals surface area (Å²) < 4.78 is 41.8. The summed E-state index contributed by atoms with van der Waals surface area (Å²) in [6.07, 6.45) is -0.183. The molecule has 0 saturated heterocycles. The molecule has 0 aliphatic carbocycles. The van der Waals surface area contributed by atoms with Crippen LogP contribution in [-0.4, -0.2) is 26.9 Å². The van der Waals surface area contributed by atoms with Gasteiger partial charge >= 0.3 is 6.36 Å².